The molecule has 4 heterocycles. The zero-order valence-electron chi connectivity index (χ0n) is 19.0. The molecule has 2 aromatic heterocycles. The van der Waals surface area contributed by atoms with Crippen molar-refractivity contribution in [3.05, 3.63) is 65.5 Å². The van der Waals surface area contributed by atoms with Gasteiger partial charge < -0.3 is 24.6 Å². The Morgan fingerprint density at radius 3 is 2.71 bits per heavy atom. The molecule has 2 saturated heterocycles. The maximum Gasteiger partial charge on any atom is 0.270 e. The van der Waals surface area contributed by atoms with Crippen molar-refractivity contribution in [1.29, 1.82) is 0 Å². The Bertz CT molecular complexity index is 1130. The topological polar surface area (TPSA) is 103 Å². The van der Waals surface area contributed by atoms with Crippen molar-refractivity contribution in [1.82, 2.24) is 15.3 Å². The van der Waals surface area contributed by atoms with Gasteiger partial charge in [-0.25, -0.2) is 9.97 Å². The van der Waals surface area contributed by atoms with E-state index in [1.165, 1.54) is 0 Å². The average molecular weight is 464 g/mol. The summed E-state index contributed by atoms with van der Waals surface area (Å²) in [6.07, 6.45) is 4.18. The van der Waals surface area contributed by atoms with Crippen molar-refractivity contribution in [2.75, 3.05) is 26.4 Å². The predicted molar refractivity (Wildman–Crippen MR) is 126 cm³/mol. The molecule has 0 spiro atoms. The largest absolute Gasteiger partial charge is 0.474 e. The molecule has 2 atom stereocenters. The number of carbonyl (C=O) groups excluding carboxylic acids is 1. The molecule has 34 heavy (non-hydrogen) atoms. The van der Waals surface area contributed by atoms with E-state index in [0.29, 0.717) is 31.0 Å². The smallest absolute Gasteiger partial charge is 0.270 e. The quantitative estimate of drug-likeness (QED) is 0.579. The summed E-state index contributed by atoms with van der Waals surface area (Å²) in [5.74, 6) is 0.321. The number of benzene rings is 1. The Morgan fingerprint density at radius 1 is 1.09 bits per heavy atom. The Hall–Kier alpha value is -3.07. The molecule has 2 fully saturated rings. The van der Waals surface area contributed by atoms with Gasteiger partial charge in [-0.15, -0.1) is 0 Å². The van der Waals surface area contributed by atoms with Crippen LogP contribution in [-0.2, 0) is 15.9 Å². The van der Waals surface area contributed by atoms with E-state index < -0.39 is 6.10 Å². The molecule has 8 heteroatoms. The molecular weight excluding hydrogens is 434 g/mol. The highest BCUT2D eigenvalue weighted by molar-refractivity contribution is 5.96. The lowest BCUT2D eigenvalue weighted by atomic mass is 10.0. The van der Waals surface area contributed by atoms with E-state index in [-0.39, 0.29) is 24.7 Å². The van der Waals surface area contributed by atoms with Crippen LogP contribution in [0.4, 0.5) is 0 Å². The number of amides is 1. The molecule has 2 aliphatic heterocycles. The fraction of sp³-hybridized carbons (Fsp3) is 0.423. The van der Waals surface area contributed by atoms with E-state index in [2.05, 4.69) is 15.3 Å². The molecule has 3 aromatic rings. The number of rotatable bonds is 6. The van der Waals surface area contributed by atoms with Gasteiger partial charge in [0.1, 0.15) is 11.8 Å². The number of nitrogens with zero attached hydrogens (tertiary/aromatic N) is 2. The summed E-state index contributed by atoms with van der Waals surface area (Å²) in [6, 6.07) is 13.2. The standard InChI is InChI=1S/C26H29N3O5/c30-24-16-33-12-9-22(24)29-26(31)23-14-18(20-3-1-2-4-21(20)28-23)13-17-5-6-25(27-15-17)34-19-7-10-32-11-8-19/h1-6,14-15,19,22,24,30H,7-13,16H2,(H,29,31). The third-order valence-electron chi connectivity index (χ3n) is 6.33. The fourth-order valence-electron chi connectivity index (χ4n) is 4.41. The van der Waals surface area contributed by atoms with Crippen LogP contribution in [0, 0.1) is 0 Å². The lowest BCUT2D eigenvalue weighted by Gasteiger charge is -2.28. The molecule has 2 unspecified atom stereocenters. The van der Waals surface area contributed by atoms with Crippen molar-refractivity contribution in [2.45, 2.75) is 43.9 Å². The van der Waals surface area contributed by atoms with Gasteiger partial charge in [0.15, 0.2) is 0 Å². The molecule has 1 amide bonds. The second-order valence-electron chi connectivity index (χ2n) is 8.81. The van der Waals surface area contributed by atoms with Gasteiger partial charge in [0, 0.05) is 37.1 Å². The maximum atomic E-state index is 13.0. The lowest BCUT2D eigenvalue weighted by molar-refractivity contribution is -0.0261. The number of ether oxygens (including phenoxy) is 3. The third kappa shape index (κ3) is 5.35. The van der Waals surface area contributed by atoms with Crippen molar-refractivity contribution >= 4 is 16.8 Å². The molecule has 8 nitrogen and oxygen atoms in total. The first-order chi connectivity index (χ1) is 16.7. The zero-order chi connectivity index (χ0) is 23.3. The summed E-state index contributed by atoms with van der Waals surface area (Å²) in [6.45, 7) is 2.19. The van der Waals surface area contributed by atoms with Crippen LogP contribution in [0.1, 0.15) is 40.9 Å². The molecule has 0 radical (unpaired) electrons. The average Bonchev–Trinajstić information content (AvgIpc) is 2.87. The van der Waals surface area contributed by atoms with Gasteiger partial charge in [-0.2, -0.15) is 0 Å². The van der Waals surface area contributed by atoms with Crippen LogP contribution in [-0.4, -0.2) is 65.7 Å². The number of nitrogens with one attached hydrogen (secondary N) is 1. The van der Waals surface area contributed by atoms with E-state index >= 15 is 0 Å². The summed E-state index contributed by atoms with van der Waals surface area (Å²) in [7, 11) is 0. The number of hydrogen-bond acceptors (Lipinski definition) is 7. The van der Waals surface area contributed by atoms with E-state index in [0.717, 1.165) is 48.1 Å². The van der Waals surface area contributed by atoms with Crippen LogP contribution in [0.25, 0.3) is 10.9 Å². The van der Waals surface area contributed by atoms with Gasteiger partial charge in [0.2, 0.25) is 5.88 Å². The SMILES string of the molecule is O=C(NC1CCOCC1O)c1cc(Cc2ccc(OC3CCOCC3)nc2)c2ccccc2n1. The summed E-state index contributed by atoms with van der Waals surface area (Å²) in [5.41, 5.74) is 3.09. The van der Waals surface area contributed by atoms with Gasteiger partial charge >= 0.3 is 0 Å². The van der Waals surface area contributed by atoms with Crippen LogP contribution in [0.2, 0.25) is 0 Å². The molecule has 178 valence electrons. The van der Waals surface area contributed by atoms with Gasteiger partial charge in [-0.05, 0) is 36.1 Å². The number of fused-ring (bicyclic) bond motifs is 1. The van der Waals surface area contributed by atoms with E-state index in [1.807, 2.05) is 48.7 Å². The summed E-state index contributed by atoms with van der Waals surface area (Å²) < 4.78 is 16.6. The first-order valence-corrected chi connectivity index (χ1v) is 11.8. The first kappa shape index (κ1) is 22.7. The Morgan fingerprint density at radius 2 is 1.91 bits per heavy atom. The number of aliphatic hydroxyl groups excluding tert-OH is 1. The molecule has 2 N–H and O–H groups in total. The maximum absolute atomic E-state index is 13.0. The second-order valence-corrected chi connectivity index (χ2v) is 8.81. The zero-order valence-corrected chi connectivity index (χ0v) is 19.0. The molecule has 0 aliphatic carbocycles. The molecule has 5 rings (SSSR count). The molecule has 2 aliphatic rings. The normalized spacial score (nSPS) is 21.3. The van der Waals surface area contributed by atoms with Crippen molar-refractivity contribution in [3.8, 4) is 5.88 Å². The van der Waals surface area contributed by atoms with E-state index in [1.54, 1.807) is 0 Å². The van der Waals surface area contributed by atoms with Crippen LogP contribution in [0.5, 0.6) is 5.88 Å². The minimum atomic E-state index is -0.717. The summed E-state index contributed by atoms with van der Waals surface area (Å²) >= 11 is 0. The number of para-hydroxylation sites is 1. The van der Waals surface area contributed by atoms with E-state index in [9.17, 15) is 9.90 Å². The highest BCUT2D eigenvalue weighted by atomic mass is 16.5. The van der Waals surface area contributed by atoms with Crippen LogP contribution >= 0.6 is 0 Å². The highest BCUT2D eigenvalue weighted by Crippen LogP contribution is 2.23. The van der Waals surface area contributed by atoms with Gasteiger partial charge in [0.25, 0.3) is 5.91 Å². The fourth-order valence-corrected chi connectivity index (χ4v) is 4.41. The monoisotopic (exact) mass is 463 g/mol. The van der Waals surface area contributed by atoms with Crippen molar-refractivity contribution in [2.24, 2.45) is 0 Å². The minimum absolute atomic E-state index is 0.145. The molecule has 1 aromatic carbocycles. The van der Waals surface area contributed by atoms with E-state index in [4.69, 9.17) is 14.2 Å². The first-order valence-electron chi connectivity index (χ1n) is 11.8. The third-order valence-corrected chi connectivity index (χ3v) is 6.33. The lowest BCUT2D eigenvalue weighted by Crippen LogP contribution is -2.48. The van der Waals surface area contributed by atoms with Gasteiger partial charge in [-0.3, -0.25) is 4.79 Å². The Kier molecular flexibility index (Phi) is 6.99. The number of aromatic nitrogens is 2. The summed E-state index contributed by atoms with van der Waals surface area (Å²) in [5, 5.41) is 14.0. The minimum Gasteiger partial charge on any atom is -0.474 e. The highest BCUT2D eigenvalue weighted by Gasteiger charge is 2.26. The summed E-state index contributed by atoms with van der Waals surface area (Å²) in [4.78, 5) is 22.0. The second kappa shape index (κ2) is 10.5. The predicted octanol–water partition coefficient (Wildman–Crippen LogP) is 2.66. The van der Waals surface area contributed by atoms with Crippen LogP contribution in [0.3, 0.4) is 0 Å². The Balaban J connectivity index is 1.34. The number of hydrogen-bond donors (Lipinski definition) is 2. The number of pyridine rings is 2. The Labute approximate surface area is 198 Å². The molecular formula is C26H29N3O5. The van der Waals surface area contributed by atoms with Gasteiger partial charge in [0.05, 0.1) is 37.5 Å². The van der Waals surface area contributed by atoms with Crippen LogP contribution in [0.15, 0.2) is 48.7 Å². The molecule has 0 bridgehead atoms. The van der Waals surface area contributed by atoms with Crippen molar-refractivity contribution in [3.63, 3.8) is 0 Å². The molecule has 0 saturated carbocycles. The number of aliphatic hydroxyl groups is 1. The van der Waals surface area contributed by atoms with Gasteiger partial charge in [-0.1, -0.05) is 24.3 Å². The van der Waals surface area contributed by atoms with Crippen LogP contribution < -0.4 is 10.1 Å². The number of carbonyl (C=O) groups is 1. The van der Waals surface area contributed by atoms with Crippen molar-refractivity contribution < 1.29 is 24.1 Å².